The van der Waals surface area contributed by atoms with Gasteiger partial charge in [-0.05, 0) is 10.4 Å². The Morgan fingerprint density at radius 2 is 0.583 bits per heavy atom. The Kier molecular flexibility index (Phi) is 51.7. The molecule has 0 aliphatic rings. The fourth-order valence-electron chi connectivity index (χ4n) is 0.770. The van der Waals surface area contributed by atoms with Crippen molar-refractivity contribution in [2.45, 2.75) is 0 Å². The first kappa shape index (κ1) is 29.0. The van der Waals surface area contributed by atoms with E-state index in [4.69, 9.17) is 39.0 Å². The summed E-state index contributed by atoms with van der Waals surface area (Å²) in [5.41, 5.74) is 25.8. The molecule has 0 heterocycles. The highest BCUT2D eigenvalue weighted by Gasteiger charge is 1.58. The van der Waals surface area contributed by atoms with Crippen molar-refractivity contribution in [2.24, 2.45) is 0 Å². The average molecular weight is 371 g/mol. The zero-order valence-electron chi connectivity index (χ0n) is 12.2. The van der Waals surface area contributed by atoms with Gasteiger partial charge in [-0.1, -0.05) is 95.9 Å². The molecule has 0 unspecified atom stereocenters. The van der Waals surface area contributed by atoms with Crippen molar-refractivity contribution >= 4 is 23.1 Å². The maximum Gasteiger partial charge on any atom is -0.00208 e. The van der Waals surface area contributed by atoms with Gasteiger partial charge in [-0.25, -0.2) is 0 Å². The highest BCUT2D eigenvalue weighted by Crippen LogP contribution is 1.80. The van der Waals surface area contributed by atoms with Gasteiger partial charge in [-0.2, -0.15) is 0 Å². The molecular weight excluding hydrogens is 356 g/mol. The van der Waals surface area contributed by atoms with E-state index in [1.54, 1.807) is 4.91 Å². The number of hydrogen-bond donors (Lipinski definition) is 1. The van der Waals surface area contributed by atoms with Gasteiger partial charge < -0.3 is 27.9 Å². The molecule has 10 nitrogen and oxygen atoms in total. The van der Waals surface area contributed by atoms with Gasteiger partial charge in [0.15, 0.2) is 0 Å². The summed E-state index contributed by atoms with van der Waals surface area (Å²) < 4.78 is 33.4. The van der Waals surface area contributed by atoms with Crippen molar-refractivity contribution < 1.29 is 16.8 Å². The minimum absolute atomic E-state index is 1.08. The SMILES string of the molecule is O=[SH-]=O.O=[SH-]=O.[N-]=[N+]=N.[N-]=[N+]=[N-].c1ccccc1.c1ccccc1. The summed E-state index contributed by atoms with van der Waals surface area (Å²) in [5.74, 6) is 0. The van der Waals surface area contributed by atoms with E-state index in [-0.39, 0.29) is 0 Å². The minimum Gasteiger partial charge on any atom is -0.427 e. The number of nitrogens with one attached hydrogen (secondary N) is 1. The summed E-state index contributed by atoms with van der Waals surface area (Å²) in [6, 6.07) is 24.0. The lowest BCUT2D eigenvalue weighted by Crippen LogP contribution is -1.47. The van der Waals surface area contributed by atoms with Crippen LogP contribution in [0.3, 0.4) is 0 Å². The van der Waals surface area contributed by atoms with E-state index in [0.717, 1.165) is 0 Å². The lowest BCUT2D eigenvalue weighted by atomic mass is 10.4. The molecule has 0 bridgehead atoms. The van der Waals surface area contributed by atoms with Crippen LogP contribution in [0.5, 0.6) is 0 Å². The Balaban J connectivity index is -0.000000105. The smallest absolute Gasteiger partial charge is 0.00208 e. The topological polar surface area (TPSA) is 187 Å². The number of rotatable bonds is 0. The summed E-state index contributed by atoms with van der Waals surface area (Å²) in [6.45, 7) is 0. The minimum atomic E-state index is -1.08. The zero-order valence-corrected chi connectivity index (χ0v) is 14.0. The van der Waals surface area contributed by atoms with E-state index < -0.39 is 23.1 Å². The Hall–Kier alpha value is -3.04. The predicted molar refractivity (Wildman–Crippen MR) is 92.7 cm³/mol. The van der Waals surface area contributed by atoms with Gasteiger partial charge in [-0.15, -0.1) is 5.53 Å². The molecule has 0 saturated carbocycles. The molecule has 24 heavy (non-hydrogen) atoms. The van der Waals surface area contributed by atoms with Crippen LogP contribution in [0, 0.1) is 5.53 Å². The van der Waals surface area contributed by atoms with E-state index in [2.05, 4.69) is 0 Å². The van der Waals surface area contributed by atoms with Crippen LogP contribution in [0.1, 0.15) is 0 Å². The fourth-order valence-corrected chi connectivity index (χ4v) is 0.770. The van der Waals surface area contributed by atoms with E-state index >= 15 is 0 Å². The van der Waals surface area contributed by atoms with Gasteiger partial charge in [-0.3, -0.25) is 4.91 Å². The Labute approximate surface area is 145 Å². The summed E-state index contributed by atoms with van der Waals surface area (Å²) in [4.78, 5) is 3.25. The molecule has 2 aromatic rings. The van der Waals surface area contributed by atoms with Crippen LogP contribution in [0.2, 0.25) is 0 Å². The molecule has 132 valence electrons. The van der Waals surface area contributed by atoms with Crippen LogP contribution < -0.4 is 0 Å². The first-order valence-electron chi connectivity index (χ1n) is 5.55. The molecule has 1 N–H and O–H groups in total. The first-order valence-corrected chi connectivity index (χ1v) is 7.01. The first-order chi connectivity index (χ1) is 11.7. The molecule has 0 aliphatic heterocycles. The molecule has 0 radical (unpaired) electrons. The van der Waals surface area contributed by atoms with Crippen molar-refractivity contribution in [2.75, 3.05) is 0 Å². The summed E-state index contributed by atoms with van der Waals surface area (Å²) >= 11 is -2.17. The number of hydrogen-bond acceptors (Lipinski definition) is 7. The van der Waals surface area contributed by atoms with Crippen LogP contribution in [-0.2, 0) is 40.0 Å². The predicted octanol–water partition coefficient (Wildman–Crippen LogP) is 4.10. The molecule has 2 aromatic carbocycles. The molecule has 0 fully saturated rings. The van der Waals surface area contributed by atoms with Gasteiger partial charge in [0.05, 0.1) is 0 Å². The highest BCUT2D eigenvalue weighted by atomic mass is 32.1. The van der Waals surface area contributed by atoms with Gasteiger partial charge in [0.1, 0.15) is 0 Å². The summed E-state index contributed by atoms with van der Waals surface area (Å²) in [6.07, 6.45) is 0. The number of benzene rings is 2. The second-order valence-corrected chi connectivity index (χ2v) is 2.95. The fraction of sp³-hybridized carbons (Fsp3) is 0. The van der Waals surface area contributed by atoms with Crippen molar-refractivity contribution in [3.8, 4) is 0 Å². The van der Waals surface area contributed by atoms with Gasteiger partial charge in [0.25, 0.3) is 0 Å². The van der Waals surface area contributed by atoms with E-state index in [1.807, 2.05) is 72.8 Å². The summed E-state index contributed by atoms with van der Waals surface area (Å²) in [5, 5.41) is 0. The molecule has 0 aliphatic carbocycles. The second-order valence-electron chi connectivity index (χ2n) is 2.65. The average Bonchev–Trinajstić information content (AvgIpc) is 2.61. The van der Waals surface area contributed by atoms with Crippen molar-refractivity contribution in [3.63, 3.8) is 0 Å². The third-order valence-corrected chi connectivity index (χ3v) is 1.33. The van der Waals surface area contributed by atoms with Crippen molar-refractivity contribution in [3.05, 3.63) is 99.2 Å². The largest absolute Gasteiger partial charge is 0.427 e. The van der Waals surface area contributed by atoms with Crippen LogP contribution in [0.25, 0.3) is 26.4 Å². The number of nitrogens with zero attached hydrogens (tertiary/aromatic N) is 5. The molecule has 0 saturated heterocycles. The number of thiol groups is 2. The molecule has 0 amide bonds. The van der Waals surface area contributed by atoms with Crippen LogP contribution >= 0.6 is 0 Å². The maximum absolute atomic E-state index is 8.35. The van der Waals surface area contributed by atoms with Gasteiger partial charge in [0, 0.05) is 0 Å². The standard InChI is InChI=1S/2C6H6.HN3.N3.2HO2S/c2*1-2-4-6-5-3-1;4*1-3-2/h2*1-6H;1H;;2*3H/q;;;3*-1. The quantitative estimate of drug-likeness (QED) is 0.240. The van der Waals surface area contributed by atoms with E-state index in [0.29, 0.717) is 0 Å². The molecule has 2 rings (SSSR count). The molecule has 0 spiro atoms. The van der Waals surface area contributed by atoms with E-state index in [9.17, 15) is 0 Å². The highest BCUT2D eigenvalue weighted by molar-refractivity contribution is 7.51. The van der Waals surface area contributed by atoms with E-state index in [1.165, 1.54) is 4.91 Å². The van der Waals surface area contributed by atoms with Gasteiger partial charge in [0.2, 0.25) is 0 Å². The zero-order chi connectivity index (χ0) is 19.3. The third kappa shape index (κ3) is 76.2. The maximum atomic E-state index is 8.35. The Morgan fingerprint density at radius 3 is 0.625 bits per heavy atom. The Bertz CT molecular complexity index is 459. The molecule has 0 atom stereocenters. The monoisotopic (exact) mass is 371 g/mol. The third-order valence-electron chi connectivity index (χ3n) is 1.33. The normalized spacial score (nSPS) is 6.00. The lowest BCUT2D eigenvalue weighted by Gasteiger charge is -1.69. The molecular formula is C12H15N6O4S2-3. The van der Waals surface area contributed by atoms with Crippen molar-refractivity contribution in [1.29, 1.82) is 5.53 Å². The lowest BCUT2D eigenvalue weighted by molar-refractivity contribution is 0.539. The van der Waals surface area contributed by atoms with Crippen LogP contribution in [0.15, 0.2) is 72.8 Å². The molecule has 12 heteroatoms. The Morgan fingerprint density at radius 1 is 0.542 bits per heavy atom. The molecule has 0 aromatic heterocycles. The summed E-state index contributed by atoms with van der Waals surface area (Å²) in [7, 11) is 0. The van der Waals surface area contributed by atoms with Crippen LogP contribution in [0.4, 0.5) is 0 Å². The van der Waals surface area contributed by atoms with Crippen LogP contribution in [-0.4, -0.2) is 0 Å². The van der Waals surface area contributed by atoms with Gasteiger partial charge >= 0.3 is 0 Å². The van der Waals surface area contributed by atoms with Crippen molar-refractivity contribution in [1.82, 2.24) is 0 Å². The second kappa shape index (κ2) is 42.7.